The molecule has 1 aromatic carbocycles. The molecule has 1 amide bonds. The molecule has 0 unspecified atom stereocenters. The van der Waals surface area contributed by atoms with E-state index in [1.807, 2.05) is 18.2 Å². The third kappa shape index (κ3) is 3.22. The Balaban J connectivity index is 2.25. The van der Waals surface area contributed by atoms with E-state index < -0.39 is 0 Å². The number of nitrogens with two attached hydrogens (primary N) is 1. The first-order chi connectivity index (χ1) is 9.72. The molecular weight excluding hydrogens is 250 g/mol. The molecule has 2 N–H and O–H groups in total. The van der Waals surface area contributed by atoms with E-state index in [1.165, 1.54) is 0 Å². The SMILES string of the molecule is CN(C(=O)c1cccc(C#CCN)c1)c1cccnc1. The van der Waals surface area contributed by atoms with Gasteiger partial charge in [-0.3, -0.25) is 9.78 Å². The van der Waals surface area contributed by atoms with E-state index in [2.05, 4.69) is 16.8 Å². The van der Waals surface area contributed by atoms with Gasteiger partial charge in [-0.1, -0.05) is 17.9 Å². The third-order valence-electron chi connectivity index (χ3n) is 2.78. The minimum Gasteiger partial charge on any atom is -0.320 e. The molecule has 0 fully saturated rings. The van der Waals surface area contributed by atoms with Gasteiger partial charge in [-0.15, -0.1) is 0 Å². The maximum atomic E-state index is 12.4. The van der Waals surface area contributed by atoms with Crippen molar-refractivity contribution in [1.29, 1.82) is 0 Å². The first kappa shape index (κ1) is 13.8. The Morgan fingerprint density at radius 3 is 2.90 bits per heavy atom. The second-order valence-corrected chi connectivity index (χ2v) is 4.16. The van der Waals surface area contributed by atoms with Gasteiger partial charge < -0.3 is 10.6 Å². The number of benzene rings is 1. The molecule has 0 aliphatic rings. The quantitative estimate of drug-likeness (QED) is 0.840. The molecular formula is C16H15N3O. The van der Waals surface area contributed by atoms with Gasteiger partial charge in [-0.05, 0) is 30.3 Å². The van der Waals surface area contributed by atoms with Crippen molar-refractivity contribution >= 4 is 11.6 Å². The Labute approximate surface area is 118 Å². The Morgan fingerprint density at radius 2 is 2.20 bits per heavy atom. The van der Waals surface area contributed by atoms with E-state index in [4.69, 9.17) is 5.73 Å². The molecule has 0 spiro atoms. The third-order valence-corrected chi connectivity index (χ3v) is 2.78. The summed E-state index contributed by atoms with van der Waals surface area (Å²) in [5.41, 5.74) is 7.45. The molecule has 0 saturated carbocycles. The first-order valence-corrected chi connectivity index (χ1v) is 6.19. The molecule has 0 saturated heterocycles. The predicted molar refractivity (Wildman–Crippen MR) is 79.3 cm³/mol. The van der Waals surface area contributed by atoms with Crippen molar-refractivity contribution in [3.8, 4) is 11.8 Å². The summed E-state index contributed by atoms with van der Waals surface area (Å²) in [6.45, 7) is 0.299. The summed E-state index contributed by atoms with van der Waals surface area (Å²) in [4.78, 5) is 18.0. The molecule has 2 rings (SSSR count). The van der Waals surface area contributed by atoms with Crippen LogP contribution in [-0.4, -0.2) is 24.5 Å². The van der Waals surface area contributed by atoms with Crippen LogP contribution in [-0.2, 0) is 0 Å². The molecule has 0 aliphatic carbocycles. The van der Waals surface area contributed by atoms with Crippen molar-refractivity contribution in [1.82, 2.24) is 4.98 Å². The van der Waals surface area contributed by atoms with Gasteiger partial charge in [0.15, 0.2) is 0 Å². The number of rotatable bonds is 2. The lowest BCUT2D eigenvalue weighted by Crippen LogP contribution is -2.26. The molecule has 0 atom stereocenters. The molecule has 1 aromatic heterocycles. The number of hydrogen-bond acceptors (Lipinski definition) is 3. The number of carbonyl (C=O) groups is 1. The van der Waals surface area contributed by atoms with Crippen LogP contribution in [0.25, 0.3) is 0 Å². The number of pyridine rings is 1. The lowest BCUT2D eigenvalue weighted by atomic mass is 10.1. The summed E-state index contributed by atoms with van der Waals surface area (Å²) in [5, 5.41) is 0. The molecule has 4 heteroatoms. The topological polar surface area (TPSA) is 59.2 Å². The van der Waals surface area contributed by atoms with Crippen molar-refractivity contribution in [3.05, 3.63) is 59.9 Å². The molecule has 4 nitrogen and oxygen atoms in total. The van der Waals surface area contributed by atoms with E-state index in [0.717, 1.165) is 11.3 Å². The second-order valence-electron chi connectivity index (χ2n) is 4.16. The molecule has 2 aromatic rings. The van der Waals surface area contributed by atoms with Gasteiger partial charge in [-0.2, -0.15) is 0 Å². The summed E-state index contributed by atoms with van der Waals surface area (Å²) in [5.74, 6) is 5.59. The van der Waals surface area contributed by atoms with Crippen molar-refractivity contribution < 1.29 is 4.79 Å². The minimum atomic E-state index is -0.102. The summed E-state index contributed by atoms with van der Waals surface area (Å²) in [6, 6.07) is 10.8. The van der Waals surface area contributed by atoms with Crippen molar-refractivity contribution in [2.75, 3.05) is 18.5 Å². The van der Waals surface area contributed by atoms with Gasteiger partial charge in [0.2, 0.25) is 0 Å². The monoisotopic (exact) mass is 265 g/mol. The van der Waals surface area contributed by atoms with E-state index in [0.29, 0.717) is 12.1 Å². The van der Waals surface area contributed by atoms with E-state index in [-0.39, 0.29) is 5.91 Å². The highest BCUT2D eigenvalue weighted by molar-refractivity contribution is 6.05. The van der Waals surface area contributed by atoms with E-state index in [1.54, 1.807) is 42.5 Å². The van der Waals surface area contributed by atoms with Crippen LogP contribution in [0, 0.1) is 11.8 Å². The fourth-order valence-corrected chi connectivity index (χ4v) is 1.75. The predicted octanol–water partition coefficient (Wildman–Crippen LogP) is 1.67. The highest BCUT2D eigenvalue weighted by Gasteiger charge is 2.13. The van der Waals surface area contributed by atoms with E-state index in [9.17, 15) is 4.79 Å². The molecule has 0 radical (unpaired) electrons. The van der Waals surface area contributed by atoms with Crippen molar-refractivity contribution in [2.45, 2.75) is 0 Å². The Kier molecular flexibility index (Phi) is 4.48. The fraction of sp³-hybridized carbons (Fsp3) is 0.125. The number of amides is 1. The summed E-state index contributed by atoms with van der Waals surface area (Å²) < 4.78 is 0. The number of anilines is 1. The largest absolute Gasteiger partial charge is 0.320 e. The lowest BCUT2D eigenvalue weighted by Gasteiger charge is -2.16. The van der Waals surface area contributed by atoms with Gasteiger partial charge >= 0.3 is 0 Å². The van der Waals surface area contributed by atoms with Gasteiger partial charge in [0.1, 0.15) is 0 Å². The number of nitrogens with zero attached hydrogens (tertiary/aromatic N) is 2. The highest BCUT2D eigenvalue weighted by atomic mass is 16.2. The van der Waals surface area contributed by atoms with Crippen LogP contribution < -0.4 is 10.6 Å². The normalized spacial score (nSPS) is 9.50. The number of hydrogen-bond donors (Lipinski definition) is 1. The standard InChI is InChI=1S/C16H15N3O/c1-19(15-8-4-10-18-12-15)16(20)14-7-2-5-13(11-14)6-3-9-17/h2,4-5,7-8,10-12H,9,17H2,1H3. The second kappa shape index (κ2) is 6.50. The van der Waals surface area contributed by atoms with Gasteiger partial charge in [0.05, 0.1) is 18.4 Å². The lowest BCUT2D eigenvalue weighted by molar-refractivity contribution is 0.0993. The Bertz CT molecular complexity index is 656. The van der Waals surface area contributed by atoms with Gasteiger partial charge in [0.25, 0.3) is 5.91 Å². The molecule has 0 aliphatic heterocycles. The highest BCUT2D eigenvalue weighted by Crippen LogP contribution is 2.14. The van der Waals surface area contributed by atoms with Crippen LogP contribution in [0.4, 0.5) is 5.69 Å². The van der Waals surface area contributed by atoms with Crippen molar-refractivity contribution in [2.24, 2.45) is 5.73 Å². The Hall–Kier alpha value is -2.64. The summed E-state index contributed by atoms with van der Waals surface area (Å²) in [6.07, 6.45) is 3.32. The molecule has 1 heterocycles. The zero-order valence-electron chi connectivity index (χ0n) is 11.2. The number of carbonyl (C=O) groups excluding carboxylic acids is 1. The van der Waals surface area contributed by atoms with Crippen LogP contribution >= 0.6 is 0 Å². The molecule has 20 heavy (non-hydrogen) atoms. The molecule has 100 valence electrons. The maximum absolute atomic E-state index is 12.4. The van der Waals surface area contributed by atoms with Crippen LogP contribution in [0.15, 0.2) is 48.8 Å². The maximum Gasteiger partial charge on any atom is 0.258 e. The first-order valence-electron chi connectivity index (χ1n) is 6.19. The number of aromatic nitrogens is 1. The zero-order valence-corrected chi connectivity index (χ0v) is 11.2. The van der Waals surface area contributed by atoms with Crippen LogP contribution in [0.3, 0.4) is 0 Å². The van der Waals surface area contributed by atoms with E-state index >= 15 is 0 Å². The smallest absolute Gasteiger partial charge is 0.258 e. The average Bonchev–Trinajstić information content (AvgIpc) is 2.52. The fourth-order valence-electron chi connectivity index (χ4n) is 1.75. The summed E-state index contributed by atoms with van der Waals surface area (Å²) >= 11 is 0. The van der Waals surface area contributed by atoms with Crippen LogP contribution in [0.2, 0.25) is 0 Å². The minimum absolute atomic E-state index is 0.102. The zero-order chi connectivity index (χ0) is 14.4. The Morgan fingerprint density at radius 1 is 1.35 bits per heavy atom. The van der Waals surface area contributed by atoms with Gasteiger partial charge in [-0.25, -0.2) is 0 Å². The van der Waals surface area contributed by atoms with Crippen LogP contribution in [0.5, 0.6) is 0 Å². The van der Waals surface area contributed by atoms with Crippen molar-refractivity contribution in [3.63, 3.8) is 0 Å². The summed E-state index contributed by atoms with van der Waals surface area (Å²) in [7, 11) is 1.72. The average molecular weight is 265 g/mol. The molecule has 0 bridgehead atoms. The van der Waals surface area contributed by atoms with Crippen LogP contribution in [0.1, 0.15) is 15.9 Å². The van der Waals surface area contributed by atoms with Gasteiger partial charge in [0, 0.05) is 24.4 Å².